The first kappa shape index (κ1) is 10.7. The van der Waals surface area contributed by atoms with Gasteiger partial charge < -0.3 is 10.5 Å². The molecule has 0 atom stereocenters. The molecule has 0 bridgehead atoms. The number of anilines is 1. The van der Waals surface area contributed by atoms with Crippen molar-refractivity contribution in [3.05, 3.63) is 28.7 Å². The van der Waals surface area contributed by atoms with E-state index in [4.69, 9.17) is 5.73 Å². The lowest BCUT2D eigenvalue weighted by Gasteiger charge is -2.04. The fourth-order valence-corrected chi connectivity index (χ4v) is 3.22. The average Bonchev–Trinajstić information content (AvgIpc) is 2.50. The van der Waals surface area contributed by atoms with E-state index in [2.05, 4.69) is 4.74 Å². The van der Waals surface area contributed by atoms with Gasteiger partial charge in [-0.3, -0.25) is 0 Å². The van der Waals surface area contributed by atoms with Crippen LogP contribution < -0.4 is 5.73 Å². The zero-order chi connectivity index (χ0) is 11.9. The molecule has 0 aliphatic carbocycles. The van der Waals surface area contributed by atoms with Gasteiger partial charge in [-0.1, -0.05) is 12.1 Å². The molecular formula is C10H9NO4S. The fraction of sp³-hybridized carbons (Fsp3) is 0.100. The third-order valence-corrected chi connectivity index (χ3v) is 4.18. The van der Waals surface area contributed by atoms with Gasteiger partial charge >= 0.3 is 5.97 Å². The summed E-state index contributed by atoms with van der Waals surface area (Å²) in [5.41, 5.74) is 6.14. The second-order valence-corrected chi connectivity index (χ2v) is 5.12. The van der Waals surface area contributed by atoms with Crippen LogP contribution in [-0.4, -0.2) is 21.5 Å². The molecular weight excluding hydrogens is 230 g/mol. The molecule has 1 aromatic rings. The van der Waals surface area contributed by atoms with Crippen LogP contribution in [0.2, 0.25) is 0 Å². The maximum absolute atomic E-state index is 12.0. The standard InChI is InChI=1S/C10H9NO4S/c1-15-10(12)8-5-6-3-2-4-7(11)9(6)16(8,13)14/h2-5H,11H2,1H3. The number of nitrogens with two attached hydrogens (primary N) is 1. The van der Waals surface area contributed by atoms with Crippen molar-refractivity contribution in [2.24, 2.45) is 0 Å². The molecule has 1 aliphatic heterocycles. The van der Waals surface area contributed by atoms with Crippen LogP contribution in [0, 0.1) is 0 Å². The Morgan fingerprint density at radius 3 is 2.62 bits per heavy atom. The first-order valence-corrected chi connectivity index (χ1v) is 5.90. The molecule has 0 unspecified atom stereocenters. The maximum Gasteiger partial charge on any atom is 0.349 e. The summed E-state index contributed by atoms with van der Waals surface area (Å²) in [5.74, 6) is -0.879. The highest BCUT2D eigenvalue weighted by molar-refractivity contribution is 7.97. The van der Waals surface area contributed by atoms with Crippen molar-refractivity contribution in [2.75, 3.05) is 12.8 Å². The summed E-state index contributed by atoms with van der Waals surface area (Å²) in [7, 11) is -2.70. The number of benzene rings is 1. The van der Waals surface area contributed by atoms with Crippen LogP contribution in [0.4, 0.5) is 5.69 Å². The second kappa shape index (κ2) is 3.34. The number of carbonyl (C=O) groups is 1. The lowest BCUT2D eigenvalue weighted by molar-refractivity contribution is -0.135. The third-order valence-electron chi connectivity index (χ3n) is 2.31. The van der Waals surface area contributed by atoms with E-state index >= 15 is 0 Å². The van der Waals surface area contributed by atoms with Crippen molar-refractivity contribution in [3.8, 4) is 0 Å². The number of ether oxygens (including phenoxy) is 1. The maximum atomic E-state index is 12.0. The molecule has 0 aromatic heterocycles. The van der Waals surface area contributed by atoms with Gasteiger partial charge in [-0.2, -0.15) is 0 Å². The fourth-order valence-electron chi connectivity index (χ4n) is 1.60. The Labute approximate surface area is 92.4 Å². The first-order valence-electron chi connectivity index (χ1n) is 4.42. The zero-order valence-corrected chi connectivity index (χ0v) is 9.24. The van der Waals surface area contributed by atoms with E-state index in [0.29, 0.717) is 5.56 Å². The Kier molecular flexibility index (Phi) is 2.23. The van der Waals surface area contributed by atoms with Crippen LogP contribution in [0.25, 0.3) is 6.08 Å². The largest absolute Gasteiger partial charge is 0.465 e. The summed E-state index contributed by atoms with van der Waals surface area (Å²) >= 11 is 0. The van der Waals surface area contributed by atoms with Crippen LogP contribution in [0.1, 0.15) is 5.56 Å². The van der Waals surface area contributed by atoms with Gasteiger partial charge in [0, 0.05) is 0 Å². The summed E-state index contributed by atoms with van der Waals surface area (Å²) in [6.07, 6.45) is 1.27. The molecule has 0 amide bonds. The van der Waals surface area contributed by atoms with Crippen molar-refractivity contribution in [1.29, 1.82) is 0 Å². The van der Waals surface area contributed by atoms with E-state index in [0.717, 1.165) is 7.11 Å². The van der Waals surface area contributed by atoms with E-state index in [1.54, 1.807) is 12.1 Å². The van der Waals surface area contributed by atoms with E-state index in [1.165, 1.54) is 12.1 Å². The Morgan fingerprint density at radius 1 is 1.38 bits per heavy atom. The van der Waals surface area contributed by atoms with Gasteiger partial charge in [-0.15, -0.1) is 0 Å². The van der Waals surface area contributed by atoms with Crippen LogP contribution in [-0.2, 0) is 19.4 Å². The van der Waals surface area contributed by atoms with Gasteiger partial charge in [0.2, 0.25) is 9.84 Å². The molecule has 5 nitrogen and oxygen atoms in total. The minimum atomic E-state index is -3.83. The molecule has 1 aliphatic rings. The Hall–Kier alpha value is -1.82. The van der Waals surface area contributed by atoms with E-state index < -0.39 is 15.8 Å². The number of hydrogen-bond donors (Lipinski definition) is 1. The molecule has 84 valence electrons. The summed E-state index contributed by atoms with van der Waals surface area (Å²) in [6, 6.07) is 4.68. The zero-order valence-electron chi connectivity index (χ0n) is 8.43. The number of sulfone groups is 1. The molecule has 0 radical (unpaired) electrons. The highest BCUT2D eigenvalue weighted by Gasteiger charge is 2.36. The summed E-state index contributed by atoms with van der Waals surface area (Å²) in [6.45, 7) is 0. The molecule has 0 saturated heterocycles. The molecule has 0 spiro atoms. The van der Waals surface area contributed by atoms with Gasteiger partial charge in [0.15, 0.2) is 4.91 Å². The summed E-state index contributed by atoms with van der Waals surface area (Å²) < 4.78 is 28.3. The Morgan fingerprint density at radius 2 is 2.06 bits per heavy atom. The molecule has 1 heterocycles. The highest BCUT2D eigenvalue weighted by atomic mass is 32.2. The summed E-state index contributed by atoms with van der Waals surface area (Å²) in [5, 5.41) is 0. The van der Waals surface area contributed by atoms with Crippen molar-refractivity contribution in [1.82, 2.24) is 0 Å². The number of fused-ring (bicyclic) bond motifs is 1. The minimum absolute atomic E-state index is 0.0181. The monoisotopic (exact) mass is 239 g/mol. The predicted molar refractivity (Wildman–Crippen MR) is 58.0 cm³/mol. The SMILES string of the molecule is COC(=O)C1=Cc2cccc(N)c2S1(=O)=O. The normalized spacial score (nSPS) is 16.4. The van der Waals surface area contributed by atoms with Gasteiger partial charge in [-0.05, 0) is 17.7 Å². The Balaban J connectivity index is 2.70. The summed E-state index contributed by atoms with van der Waals surface area (Å²) in [4.78, 5) is 10.9. The van der Waals surface area contributed by atoms with E-state index in [9.17, 15) is 13.2 Å². The number of methoxy groups -OCH3 is 1. The lowest BCUT2D eigenvalue weighted by Crippen LogP contribution is -2.13. The third kappa shape index (κ3) is 1.30. The van der Waals surface area contributed by atoms with Crippen molar-refractivity contribution >= 4 is 27.6 Å². The minimum Gasteiger partial charge on any atom is -0.465 e. The van der Waals surface area contributed by atoms with Crippen LogP contribution >= 0.6 is 0 Å². The Bertz CT molecular complexity index is 601. The van der Waals surface area contributed by atoms with Gasteiger partial charge in [0.05, 0.1) is 12.8 Å². The van der Waals surface area contributed by atoms with Gasteiger partial charge in [0.1, 0.15) is 4.90 Å². The van der Waals surface area contributed by atoms with Gasteiger partial charge in [0.25, 0.3) is 0 Å². The molecule has 2 rings (SSSR count). The van der Waals surface area contributed by atoms with Crippen molar-refractivity contribution in [2.45, 2.75) is 4.90 Å². The molecule has 1 aromatic carbocycles. The molecule has 16 heavy (non-hydrogen) atoms. The quantitative estimate of drug-likeness (QED) is 0.572. The molecule has 2 N–H and O–H groups in total. The average molecular weight is 239 g/mol. The number of rotatable bonds is 1. The number of esters is 1. The molecule has 6 heteroatoms. The highest BCUT2D eigenvalue weighted by Crippen LogP contribution is 2.36. The smallest absolute Gasteiger partial charge is 0.349 e. The first-order chi connectivity index (χ1) is 7.48. The van der Waals surface area contributed by atoms with E-state index in [1.807, 2.05) is 0 Å². The van der Waals surface area contributed by atoms with Crippen LogP contribution in [0.15, 0.2) is 28.0 Å². The number of nitrogen functional groups attached to an aromatic ring is 1. The van der Waals surface area contributed by atoms with Gasteiger partial charge in [-0.25, -0.2) is 13.2 Å². The van der Waals surface area contributed by atoms with Crippen LogP contribution in [0.3, 0.4) is 0 Å². The molecule has 0 saturated carbocycles. The lowest BCUT2D eigenvalue weighted by atomic mass is 10.2. The van der Waals surface area contributed by atoms with Crippen molar-refractivity contribution in [3.63, 3.8) is 0 Å². The molecule has 0 fully saturated rings. The van der Waals surface area contributed by atoms with Crippen molar-refractivity contribution < 1.29 is 17.9 Å². The topological polar surface area (TPSA) is 86.5 Å². The number of hydrogen-bond acceptors (Lipinski definition) is 5. The predicted octanol–water partition coefficient (Wildman–Crippen LogP) is 0.570. The van der Waals surface area contributed by atoms with E-state index in [-0.39, 0.29) is 15.5 Å². The van der Waals surface area contributed by atoms with Crippen LogP contribution in [0.5, 0.6) is 0 Å². The second-order valence-electron chi connectivity index (χ2n) is 3.27. The number of carbonyl (C=O) groups excluding carboxylic acids is 1.